The van der Waals surface area contributed by atoms with Crippen molar-refractivity contribution < 1.29 is 19.3 Å². The smallest absolute Gasteiger partial charge is 0.526 e. The number of carbonyl (C=O) groups excluding carboxylic acids is 2. The summed E-state index contributed by atoms with van der Waals surface area (Å²) in [6, 6.07) is 5.43. The number of benzene rings is 1. The van der Waals surface area contributed by atoms with E-state index in [1.807, 2.05) is 12.1 Å². The number of nitrogens with zero attached hydrogens (tertiary/aromatic N) is 2. The molecule has 0 aliphatic carbocycles. The van der Waals surface area contributed by atoms with E-state index in [1.54, 1.807) is 6.07 Å². The van der Waals surface area contributed by atoms with E-state index >= 15 is 0 Å². The molecule has 2 aliphatic rings. The lowest BCUT2D eigenvalue weighted by Crippen LogP contribution is -2.49. The molecule has 0 bridgehead atoms. The number of hydrogen-bond acceptors (Lipinski definition) is 7. The van der Waals surface area contributed by atoms with Gasteiger partial charge in [-0.25, -0.2) is 0 Å². The molecule has 0 spiro atoms. The number of Topliss-reactive ketones (excluding diaryl/α,β-unsaturated/α-hetero) is 2. The summed E-state index contributed by atoms with van der Waals surface area (Å²) in [5.41, 5.74) is 1.37. The zero-order chi connectivity index (χ0) is 20.8. The highest BCUT2D eigenvalue weighted by Gasteiger charge is 2.37. The van der Waals surface area contributed by atoms with Crippen LogP contribution in [0.1, 0.15) is 36.2 Å². The molecule has 2 N–H and O–H groups in total. The quantitative estimate of drug-likeness (QED) is 0.361. The van der Waals surface area contributed by atoms with E-state index in [1.165, 1.54) is 6.92 Å². The van der Waals surface area contributed by atoms with Gasteiger partial charge in [0.1, 0.15) is 11.5 Å². The molecule has 0 saturated carbocycles. The van der Waals surface area contributed by atoms with Gasteiger partial charge >= 0.3 is 7.12 Å². The lowest BCUT2D eigenvalue weighted by Gasteiger charge is -2.34. The summed E-state index contributed by atoms with van der Waals surface area (Å²) in [7, 11) is -1.06. The second-order valence-electron chi connectivity index (χ2n) is 8.04. The zero-order valence-electron chi connectivity index (χ0n) is 17.5. The van der Waals surface area contributed by atoms with E-state index in [2.05, 4.69) is 22.0 Å². The SMILES string of the molecule is CCNCCN1CCN(CC(=O)C[C@H]2Cc3cccc(C(C)=O)c3OB2O)CC1. The maximum absolute atomic E-state index is 12.6. The Morgan fingerprint density at radius 2 is 1.97 bits per heavy atom. The summed E-state index contributed by atoms with van der Waals surface area (Å²) >= 11 is 0. The summed E-state index contributed by atoms with van der Waals surface area (Å²) < 4.78 is 5.64. The molecule has 3 rings (SSSR count). The molecule has 29 heavy (non-hydrogen) atoms. The van der Waals surface area contributed by atoms with Crippen LogP contribution in [0.2, 0.25) is 5.82 Å². The molecule has 158 valence electrons. The van der Waals surface area contributed by atoms with Gasteiger partial charge in [0.25, 0.3) is 0 Å². The molecule has 1 aromatic rings. The zero-order valence-corrected chi connectivity index (χ0v) is 17.5. The van der Waals surface area contributed by atoms with Crippen LogP contribution in [0, 0.1) is 0 Å². The number of para-hydroxylation sites is 1. The van der Waals surface area contributed by atoms with Crippen LogP contribution in [-0.2, 0) is 11.2 Å². The minimum absolute atomic E-state index is 0.0896. The van der Waals surface area contributed by atoms with E-state index in [-0.39, 0.29) is 23.8 Å². The second-order valence-corrected chi connectivity index (χ2v) is 8.04. The van der Waals surface area contributed by atoms with E-state index in [0.29, 0.717) is 24.3 Å². The Bertz CT molecular complexity index is 722. The van der Waals surface area contributed by atoms with Crippen molar-refractivity contribution >= 4 is 18.7 Å². The van der Waals surface area contributed by atoms with Crippen molar-refractivity contribution in [3.63, 3.8) is 0 Å². The Kier molecular flexibility index (Phi) is 7.83. The maximum atomic E-state index is 12.6. The van der Waals surface area contributed by atoms with Crippen LogP contribution in [0.15, 0.2) is 18.2 Å². The molecule has 0 aromatic heterocycles. The van der Waals surface area contributed by atoms with Crippen molar-refractivity contribution in [3.8, 4) is 5.75 Å². The maximum Gasteiger partial charge on any atom is 0.526 e. The number of carbonyl (C=O) groups is 2. The number of piperazine rings is 1. The van der Waals surface area contributed by atoms with Gasteiger partial charge in [-0.1, -0.05) is 19.1 Å². The number of rotatable bonds is 9. The molecule has 2 heterocycles. The normalized spacial score (nSPS) is 20.2. The Morgan fingerprint density at radius 1 is 1.24 bits per heavy atom. The van der Waals surface area contributed by atoms with Crippen molar-refractivity contribution in [3.05, 3.63) is 29.3 Å². The number of ketones is 2. The fraction of sp³-hybridized carbons (Fsp3) is 0.619. The highest BCUT2D eigenvalue weighted by atomic mass is 16.5. The number of hydrogen-bond donors (Lipinski definition) is 2. The van der Waals surface area contributed by atoms with Gasteiger partial charge in [0.05, 0.1) is 12.1 Å². The van der Waals surface area contributed by atoms with Crippen molar-refractivity contribution in [2.24, 2.45) is 0 Å². The van der Waals surface area contributed by atoms with Crippen LogP contribution in [0.4, 0.5) is 0 Å². The molecule has 0 amide bonds. The van der Waals surface area contributed by atoms with Crippen molar-refractivity contribution in [2.75, 3.05) is 52.4 Å². The van der Waals surface area contributed by atoms with E-state index < -0.39 is 7.12 Å². The molecule has 2 aliphatic heterocycles. The average Bonchev–Trinajstić information content (AvgIpc) is 2.69. The van der Waals surface area contributed by atoms with E-state index in [4.69, 9.17) is 4.65 Å². The number of fused-ring (bicyclic) bond motifs is 1. The van der Waals surface area contributed by atoms with Crippen molar-refractivity contribution in [1.29, 1.82) is 0 Å². The number of nitrogens with one attached hydrogen (secondary N) is 1. The average molecular weight is 401 g/mol. The highest BCUT2D eigenvalue weighted by Crippen LogP contribution is 2.36. The van der Waals surface area contributed by atoms with Crippen molar-refractivity contribution in [1.82, 2.24) is 15.1 Å². The molecule has 1 saturated heterocycles. The Hall–Kier alpha value is -1.74. The van der Waals surface area contributed by atoms with E-state index in [0.717, 1.165) is 51.4 Å². The summed E-state index contributed by atoms with van der Waals surface area (Å²) in [5.74, 6) is 0.224. The van der Waals surface area contributed by atoms with Crippen LogP contribution in [0.3, 0.4) is 0 Å². The molecular weight excluding hydrogens is 369 g/mol. The molecule has 1 aromatic carbocycles. The molecule has 0 radical (unpaired) electrons. The minimum atomic E-state index is -1.06. The lowest BCUT2D eigenvalue weighted by atomic mass is 9.64. The van der Waals surface area contributed by atoms with Crippen LogP contribution < -0.4 is 9.97 Å². The third-order valence-electron chi connectivity index (χ3n) is 5.81. The highest BCUT2D eigenvalue weighted by molar-refractivity contribution is 6.47. The van der Waals surface area contributed by atoms with Gasteiger partial charge in [0.2, 0.25) is 0 Å². The molecule has 1 fully saturated rings. The van der Waals surface area contributed by atoms with Gasteiger partial charge in [0.15, 0.2) is 5.78 Å². The van der Waals surface area contributed by atoms with Crippen LogP contribution in [0.25, 0.3) is 0 Å². The Balaban J connectivity index is 1.48. The fourth-order valence-electron chi connectivity index (χ4n) is 4.13. The van der Waals surface area contributed by atoms with Gasteiger partial charge in [0, 0.05) is 51.5 Å². The van der Waals surface area contributed by atoms with Crippen LogP contribution in [-0.4, -0.2) is 85.9 Å². The second kappa shape index (κ2) is 10.3. The summed E-state index contributed by atoms with van der Waals surface area (Å²) in [4.78, 5) is 29.0. The van der Waals surface area contributed by atoms with Crippen molar-refractivity contribution in [2.45, 2.75) is 32.5 Å². The van der Waals surface area contributed by atoms with Crippen LogP contribution in [0.5, 0.6) is 5.75 Å². The first-order valence-corrected chi connectivity index (χ1v) is 10.6. The minimum Gasteiger partial charge on any atom is -0.535 e. The first kappa shape index (κ1) is 22.0. The van der Waals surface area contributed by atoms with Gasteiger partial charge in [-0.15, -0.1) is 0 Å². The topological polar surface area (TPSA) is 82.1 Å². The van der Waals surface area contributed by atoms with Gasteiger partial charge < -0.3 is 15.0 Å². The summed E-state index contributed by atoms with van der Waals surface area (Å²) in [6.45, 7) is 10.8. The Morgan fingerprint density at radius 3 is 2.66 bits per heavy atom. The van der Waals surface area contributed by atoms with Crippen LogP contribution >= 0.6 is 0 Å². The molecular formula is C21H32BN3O4. The van der Waals surface area contributed by atoms with Gasteiger partial charge in [-0.3, -0.25) is 19.4 Å². The van der Waals surface area contributed by atoms with E-state index in [9.17, 15) is 14.6 Å². The number of likely N-dealkylation sites (N-methyl/N-ethyl adjacent to an activating group) is 1. The first-order chi connectivity index (χ1) is 14.0. The summed E-state index contributed by atoms with van der Waals surface area (Å²) in [5, 5.41) is 13.7. The monoisotopic (exact) mass is 401 g/mol. The fourth-order valence-corrected chi connectivity index (χ4v) is 4.13. The lowest BCUT2D eigenvalue weighted by molar-refractivity contribution is -0.120. The van der Waals surface area contributed by atoms with Gasteiger partial charge in [-0.2, -0.15) is 0 Å². The standard InChI is InChI=1S/C21H32BN3O4/c1-3-23-7-8-24-9-11-25(12-10-24)15-19(27)14-18-13-17-5-4-6-20(16(2)26)21(17)29-22(18)28/h4-6,18,23,28H,3,7-15H2,1-2H3/t18-/m1/s1. The molecule has 1 atom stereocenters. The summed E-state index contributed by atoms with van der Waals surface area (Å²) in [6.07, 6.45) is 0.826. The predicted molar refractivity (Wildman–Crippen MR) is 114 cm³/mol. The van der Waals surface area contributed by atoms with Gasteiger partial charge in [-0.05, 0) is 31.5 Å². The third kappa shape index (κ3) is 5.88. The molecule has 7 nitrogen and oxygen atoms in total. The first-order valence-electron chi connectivity index (χ1n) is 10.6. The third-order valence-corrected chi connectivity index (χ3v) is 5.81. The predicted octanol–water partition coefficient (Wildman–Crippen LogP) is 0.861. The Labute approximate surface area is 173 Å². The molecule has 0 unspecified atom stereocenters. The largest absolute Gasteiger partial charge is 0.535 e. The molecule has 8 heteroatoms.